The maximum atomic E-state index is 12.8. The second-order valence-electron chi connectivity index (χ2n) is 7.05. The molecule has 9 nitrogen and oxygen atoms in total. The zero-order valence-electron chi connectivity index (χ0n) is 17.6. The fourth-order valence-electron chi connectivity index (χ4n) is 2.97. The first-order valence-corrected chi connectivity index (χ1v) is 10.9. The molecule has 0 unspecified atom stereocenters. The molecule has 0 aliphatic heterocycles. The summed E-state index contributed by atoms with van der Waals surface area (Å²) in [6.45, 7) is 3.41. The molecule has 0 atom stereocenters. The van der Waals surface area contributed by atoms with E-state index in [1.807, 2.05) is 6.92 Å². The second-order valence-corrected chi connectivity index (χ2v) is 8.73. The number of aryl methyl sites for hydroxylation is 2. The van der Waals surface area contributed by atoms with Gasteiger partial charge >= 0.3 is 0 Å². The number of amides is 1. The van der Waals surface area contributed by atoms with Crippen molar-refractivity contribution in [2.75, 3.05) is 17.1 Å². The van der Waals surface area contributed by atoms with Gasteiger partial charge in [0.25, 0.3) is 21.6 Å². The Morgan fingerprint density at radius 1 is 1.00 bits per heavy atom. The third-order valence-corrected chi connectivity index (χ3v) is 6.07. The highest BCUT2D eigenvalue weighted by Crippen LogP contribution is 2.28. The number of nitro benzene ring substituents is 1. The number of carbonyl (C=O) groups is 1. The summed E-state index contributed by atoms with van der Waals surface area (Å²) in [6.07, 6.45) is 0. The van der Waals surface area contributed by atoms with Gasteiger partial charge < -0.3 is 10.1 Å². The first-order chi connectivity index (χ1) is 15.1. The zero-order valence-corrected chi connectivity index (χ0v) is 18.4. The SMILES string of the molecule is COc1ccc(C)cc1NS(=O)(=O)c1ccc(NC(=O)c2ccc(C)c([N+](=O)[O-])c2)cc1. The van der Waals surface area contributed by atoms with Crippen molar-refractivity contribution in [2.45, 2.75) is 18.7 Å². The van der Waals surface area contributed by atoms with Crippen molar-refractivity contribution in [1.82, 2.24) is 0 Å². The number of methoxy groups -OCH3 is 1. The van der Waals surface area contributed by atoms with Crippen LogP contribution in [0.1, 0.15) is 21.5 Å². The van der Waals surface area contributed by atoms with Gasteiger partial charge in [-0.3, -0.25) is 19.6 Å². The quantitative estimate of drug-likeness (QED) is 0.404. The zero-order chi connectivity index (χ0) is 23.5. The van der Waals surface area contributed by atoms with E-state index in [1.54, 1.807) is 25.1 Å². The first-order valence-electron chi connectivity index (χ1n) is 9.44. The highest BCUT2D eigenvalue weighted by molar-refractivity contribution is 7.92. The topological polar surface area (TPSA) is 128 Å². The molecule has 0 aliphatic rings. The predicted octanol–water partition coefficient (Wildman–Crippen LogP) is 4.27. The normalized spacial score (nSPS) is 11.0. The lowest BCUT2D eigenvalue weighted by Gasteiger charge is -2.13. The van der Waals surface area contributed by atoms with Crippen LogP contribution in [0.5, 0.6) is 5.75 Å². The van der Waals surface area contributed by atoms with Crippen molar-refractivity contribution in [1.29, 1.82) is 0 Å². The largest absolute Gasteiger partial charge is 0.495 e. The molecular formula is C22H21N3O6S. The first kappa shape index (κ1) is 22.8. The van der Waals surface area contributed by atoms with Crippen LogP contribution in [0, 0.1) is 24.0 Å². The molecule has 0 saturated heterocycles. The smallest absolute Gasteiger partial charge is 0.273 e. The average molecular weight is 455 g/mol. The van der Waals surface area contributed by atoms with Crippen LogP contribution in [0.3, 0.4) is 0 Å². The van der Waals surface area contributed by atoms with Gasteiger partial charge in [-0.05, 0) is 61.9 Å². The van der Waals surface area contributed by atoms with Crippen molar-refractivity contribution in [2.24, 2.45) is 0 Å². The molecule has 2 N–H and O–H groups in total. The summed E-state index contributed by atoms with van der Waals surface area (Å²) in [5, 5.41) is 13.7. The van der Waals surface area contributed by atoms with E-state index in [4.69, 9.17) is 4.74 Å². The van der Waals surface area contributed by atoms with Gasteiger partial charge in [0.1, 0.15) is 5.75 Å². The Hall–Kier alpha value is -3.92. The summed E-state index contributed by atoms with van der Waals surface area (Å²) in [6, 6.07) is 14.9. The molecule has 32 heavy (non-hydrogen) atoms. The fraction of sp³-hybridized carbons (Fsp3) is 0.136. The molecule has 3 aromatic rings. The maximum absolute atomic E-state index is 12.8. The summed E-state index contributed by atoms with van der Waals surface area (Å²) < 4.78 is 33.2. The van der Waals surface area contributed by atoms with Crippen LogP contribution in [0.4, 0.5) is 17.1 Å². The number of ether oxygens (including phenoxy) is 1. The number of hydrogen-bond acceptors (Lipinski definition) is 6. The molecule has 1 amide bonds. The molecule has 3 aromatic carbocycles. The van der Waals surface area contributed by atoms with Gasteiger partial charge in [0.2, 0.25) is 0 Å². The summed E-state index contributed by atoms with van der Waals surface area (Å²) in [4.78, 5) is 23.0. The van der Waals surface area contributed by atoms with E-state index in [1.165, 1.54) is 49.6 Å². The Morgan fingerprint density at radius 3 is 2.31 bits per heavy atom. The van der Waals surface area contributed by atoms with E-state index in [-0.39, 0.29) is 16.1 Å². The second kappa shape index (κ2) is 9.06. The summed E-state index contributed by atoms with van der Waals surface area (Å²) >= 11 is 0. The van der Waals surface area contributed by atoms with E-state index in [9.17, 15) is 23.3 Å². The van der Waals surface area contributed by atoms with Crippen LogP contribution >= 0.6 is 0 Å². The molecule has 0 fully saturated rings. The van der Waals surface area contributed by atoms with Gasteiger partial charge in [-0.25, -0.2) is 8.42 Å². The van der Waals surface area contributed by atoms with Crippen LogP contribution in [0.15, 0.2) is 65.6 Å². The monoisotopic (exact) mass is 455 g/mol. The van der Waals surface area contributed by atoms with E-state index < -0.39 is 20.9 Å². The highest BCUT2D eigenvalue weighted by atomic mass is 32.2. The number of sulfonamides is 1. The third-order valence-electron chi connectivity index (χ3n) is 4.69. The molecule has 0 aliphatic carbocycles. The Labute approximate surface area is 185 Å². The van der Waals surface area contributed by atoms with Crippen LogP contribution in [-0.2, 0) is 10.0 Å². The van der Waals surface area contributed by atoms with Crippen molar-refractivity contribution < 1.29 is 22.9 Å². The minimum absolute atomic E-state index is 0.00923. The van der Waals surface area contributed by atoms with Gasteiger partial charge in [0.05, 0.1) is 22.6 Å². The molecule has 0 bridgehead atoms. The van der Waals surface area contributed by atoms with Gasteiger partial charge in [-0.2, -0.15) is 0 Å². The van der Waals surface area contributed by atoms with E-state index in [0.717, 1.165) is 5.56 Å². The molecule has 0 spiro atoms. The Kier molecular flexibility index (Phi) is 6.45. The fourth-order valence-corrected chi connectivity index (χ4v) is 4.03. The predicted molar refractivity (Wildman–Crippen MR) is 121 cm³/mol. The number of anilines is 2. The molecular weight excluding hydrogens is 434 g/mol. The Morgan fingerprint density at radius 2 is 1.69 bits per heavy atom. The minimum atomic E-state index is -3.90. The number of nitrogens with one attached hydrogen (secondary N) is 2. The number of rotatable bonds is 7. The lowest BCUT2D eigenvalue weighted by atomic mass is 10.1. The average Bonchev–Trinajstić information content (AvgIpc) is 2.74. The van der Waals surface area contributed by atoms with Crippen LogP contribution in [0.2, 0.25) is 0 Å². The van der Waals surface area contributed by atoms with Crippen molar-refractivity contribution in [3.05, 3.63) is 87.5 Å². The standard InChI is InChI=1S/C22H21N3O6S/c1-14-4-11-21(31-3)19(12-14)24-32(29,30)18-9-7-17(8-10-18)23-22(26)16-6-5-15(2)20(13-16)25(27)28/h4-13,24H,1-3H3,(H,23,26). The van der Waals surface area contributed by atoms with Crippen molar-refractivity contribution in [3.8, 4) is 5.75 Å². The van der Waals surface area contributed by atoms with E-state index in [2.05, 4.69) is 10.0 Å². The van der Waals surface area contributed by atoms with Crippen LogP contribution in [0.25, 0.3) is 0 Å². The van der Waals surface area contributed by atoms with E-state index >= 15 is 0 Å². The summed E-state index contributed by atoms with van der Waals surface area (Å²) in [5.41, 5.74) is 1.91. The molecule has 10 heteroatoms. The Balaban J connectivity index is 1.77. The lowest BCUT2D eigenvalue weighted by Crippen LogP contribution is -2.15. The number of nitro groups is 1. The highest BCUT2D eigenvalue weighted by Gasteiger charge is 2.18. The van der Waals surface area contributed by atoms with Gasteiger partial charge in [-0.1, -0.05) is 12.1 Å². The summed E-state index contributed by atoms with van der Waals surface area (Å²) in [7, 11) is -2.45. The molecule has 0 aromatic heterocycles. The van der Waals surface area contributed by atoms with Gasteiger partial charge in [0, 0.05) is 22.9 Å². The lowest BCUT2D eigenvalue weighted by molar-refractivity contribution is -0.385. The van der Waals surface area contributed by atoms with Crippen LogP contribution < -0.4 is 14.8 Å². The molecule has 0 heterocycles. The van der Waals surface area contributed by atoms with Crippen molar-refractivity contribution in [3.63, 3.8) is 0 Å². The molecule has 3 rings (SSSR count). The molecule has 166 valence electrons. The maximum Gasteiger partial charge on any atom is 0.273 e. The minimum Gasteiger partial charge on any atom is -0.495 e. The Bertz CT molecular complexity index is 1290. The number of hydrogen-bond donors (Lipinski definition) is 2. The molecule has 0 radical (unpaired) electrons. The van der Waals surface area contributed by atoms with E-state index in [0.29, 0.717) is 22.7 Å². The third kappa shape index (κ3) is 5.03. The van der Waals surface area contributed by atoms with Crippen molar-refractivity contribution >= 4 is 33.0 Å². The number of nitrogens with zero attached hydrogens (tertiary/aromatic N) is 1. The summed E-state index contributed by atoms with van der Waals surface area (Å²) in [5.74, 6) is -0.165. The van der Waals surface area contributed by atoms with Gasteiger partial charge in [0.15, 0.2) is 0 Å². The number of benzene rings is 3. The molecule has 0 saturated carbocycles. The van der Waals surface area contributed by atoms with Gasteiger partial charge in [-0.15, -0.1) is 0 Å². The number of carbonyl (C=O) groups excluding carboxylic acids is 1. The van der Waals surface area contributed by atoms with Crippen LogP contribution in [-0.4, -0.2) is 26.4 Å².